The van der Waals surface area contributed by atoms with E-state index in [0.717, 1.165) is 45.9 Å². The minimum Gasteiger partial charge on any atom is -0.507 e. The van der Waals surface area contributed by atoms with Gasteiger partial charge >= 0.3 is 5.97 Å². The summed E-state index contributed by atoms with van der Waals surface area (Å²) in [5.74, 6) is 2.10. The van der Waals surface area contributed by atoms with E-state index in [0.29, 0.717) is 79.0 Å². The number of rotatable bonds is 5. The van der Waals surface area contributed by atoms with Gasteiger partial charge in [-0.2, -0.15) is 0 Å². The number of aliphatic imine (C=N–C) groups is 1. The summed E-state index contributed by atoms with van der Waals surface area (Å²) in [5.41, 5.74) is 17.9. The van der Waals surface area contributed by atoms with Crippen LogP contribution in [0, 0.1) is 6.92 Å². The highest BCUT2D eigenvalue weighted by molar-refractivity contribution is 8.76. The fourth-order valence-corrected chi connectivity index (χ4v) is 10.9. The molecular weight excluding hydrogens is 779 g/mol. The maximum atomic E-state index is 14.4. The second-order valence-electron chi connectivity index (χ2n) is 15.8. The third-order valence-corrected chi connectivity index (χ3v) is 14.1. The first-order chi connectivity index (χ1) is 27.9. The lowest BCUT2D eigenvalue weighted by Gasteiger charge is -2.42. The topological polar surface area (TPSA) is 205 Å². The van der Waals surface area contributed by atoms with Crippen LogP contribution in [0.2, 0.25) is 0 Å². The first kappa shape index (κ1) is 38.6. The molecule has 9 rings (SSSR count). The number of benzene rings is 1. The molecule has 5 aliphatic heterocycles. The molecule has 0 aliphatic carbocycles. The van der Waals surface area contributed by atoms with Gasteiger partial charge in [-0.3, -0.25) is 14.7 Å². The summed E-state index contributed by atoms with van der Waals surface area (Å²) in [7, 11) is 5.12. The number of nitrogens with one attached hydrogen (secondary N) is 2. The average molecular weight is 825 g/mol. The van der Waals surface area contributed by atoms with Crippen LogP contribution >= 0.6 is 21.6 Å². The number of nitrogen functional groups attached to an aromatic ring is 2. The number of allylic oxidation sites excluding steroid dienone is 1. The van der Waals surface area contributed by atoms with E-state index in [1.165, 1.54) is 11.0 Å². The van der Waals surface area contributed by atoms with Gasteiger partial charge in [0, 0.05) is 65.8 Å². The summed E-state index contributed by atoms with van der Waals surface area (Å²) in [5, 5.41) is 14.7. The molecule has 58 heavy (non-hydrogen) atoms. The van der Waals surface area contributed by atoms with Crippen LogP contribution in [0.3, 0.4) is 0 Å². The van der Waals surface area contributed by atoms with Crippen molar-refractivity contribution in [3.05, 3.63) is 92.7 Å². The van der Waals surface area contributed by atoms with Crippen LogP contribution in [0.4, 0.5) is 11.6 Å². The summed E-state index contributed by atoms with van der Waals surface area (Å²) >= 11 is 0. The number of aromatic hydroxyl groups is 1. The monoisotopic (exact) mass is 824 g/mol. The Hall–Kier alpha value is -4.87. The van der Waals surface area contributed by atoms with Gasteiger partial charge < -0.3 is 40.5 Å². The highest BCUT2D eigenvalue weighted by atomic mass is 33.1. The third kappa shape index (κ3) is 7.14. The first-order valence-electron chi connectivity index (χ1n) is 19.5. The first-order valence-corrected chi connectivity index (χ1v) is 22.0. The molecule has 5 aliphatic rings. The highest BCUT2D eigenvalue weighted by Crippen LogP contribution is 2.48. The predicted octanol–water partition coefficient (Wildman–Crippen LogP) is 3.95. The van der Waals surface area contributed by atoms with Crippen LogP contribution in [-0.2, 0) is 39.4 Å². The number of ether oxygens (including phenoxy) is 3. The average Bonchev–Trinajstić information content (AvgIpc) is 3.49. The van der Waals surface area contributed by atoms with Crippen molar-refractivity contribution in [3.63, 3.8) is 0 Å². The molecule has 1 aromatic carbocycles. The van der Waals surface area contributed by atoms with Crippen LogP contribution in [0.1, 0.15) is 54.3 Å². The number of quaternary nitrogens is 1. The van der Waals surface area contributed by atoms with Crippen LogP contribution < -0.4 is 31.8 Å². The molecular formula is C42H46N7O7S2+. The Morgan fingerprint density at radius 1 is 1.09 bits per heavy atom. The SMILES string of the molecule is CNCC[C@]12O[C@H]1CCc1cc(N)nc(c1)-c1cc(C[NH+]3C=C4C=CN=C4C3)nc(N)c1CSSCC[C@]1(C)Oc3cc4oc(C)cc(=O)c4c(O)c3C[C@@H]1OC2=O. The van der Waals surface area contributed by atoms with Gasteiger partial charge in [0.25, 0.3) is 0 Å². The van der Waals surface area contributed by atoms with E-state index in [-0.39, 0.29) is 28.6 Å². The van der Waals surface area contributed by atoms with Crippen molar-refractivity contribution in [2.24, 2.45) is 4.99 Å². The Morgan fingerprint density at radius 2 is 1.95 bits per heavy atom. The fourth-order valence-electron chi connectivity index (χ4n) is 8.58. The molecule has 1 saturated heterocycles. The number of hydrogen-bond acceptors (Lipinski definition) is 15. The Balaban J connectivity index is 1.06. The number of carbonyl (C=O) groups excluding carboxylic acids is 1. The van der Waals surface area contributed by atoms with E-state index >= 15 is 0 Å². The van der Waals surface area contributed by atoms with Crippen molar-refractivity contribution >= 4 is 55.9 Å². The molecule has 7 N–H and O–H groups in total. The van der Waals surface area contributed by atoms with Gasteiger partial charge in [0.15, 0.2) is 11.0 Å². The minimum absolute atomic E-state index is 0.0662. The van der Waals surface area contributed by atoms with Gasteiger partial charge in [0.1, 0.15) is 76.6 Å². The Kier molecular flexibility index (Phi) is 10.0. The number of hydrogen-bond donors (Lipinski definition) is 5. The van der Waals surface area contributed by atoms with E-state index in [2.05, 4.69) is 22.6 Å². The number of nitrogens with zero attached hydrogens (tertiary/aromatic N) is 3. The van der Waals surface area contributed by atoms with E-state index in [1.807, 2.05) is 38.4 Å². The van der Waals surface area contributed by atoms with Gasteiger partial charge in [-0.1, -0.05) is 21.6 Å². The number of anilines is 2. The molecule has 0 amide bonds. The zero-order chi connectivity index (χ0) is 40.3. The Labute approximate surface area is 342 Å². The van der Waals surface area contributed by atoms with Crippen LogP contribution in [0.5, 0.6) is 11.5 Å². The normalized spacial score (nSPS) is 26.5. The number of aryl methyl sites for hydroxylation is 2. The van der Waals surface area contributed by atoms with Crippen molar-refractivity contribution in [2.45, 2.75) is 81.7 Å². The van der Waals surface area contributed by atoms with Crippen molar-refractivity contribution in [1.29, 1.82) is 0 Å². The van der Waals surface area contributed by atoms with Gasteiger partial charge in [0.2, 0.25) is 0 Å². The standard InChI is InChI=1S/C42H45N7O7S2/c1-22-12-31(50)37-33(53-22)17-32-27(38(37)51)16-35-41(2,55-32)8-11-57-58-21-28-26(15-25(47-39(28)44)19-49-18-24-6-9-46-30(24)20-49)29-13-23(14-36(43)48-29)4-5-34-42(56-34,7-10-45-3)40(52)54-35/h6,9,12-15,17-18,34-35,45,51H,4-5,7-8,10-11,16,19-21H2,1-3H3,(H2,43,48)(H2,44,47)/p+1/t34-,35-,41-,42-/m0/s1. The van der Waals surface area contributed by atoms with E-state index in [1.54, 1.807) is 34.6 Å². The number of phenols is 1. The van der Waals surface area contributed by atoms with E-state index < -0.39 is 29.4 Å². The number of esters is 1. The lowest BCUT2D eigenvalue weighted by Crippen LogP contribution is -3.05. The number of carbonyl (C=O) groups is 1. The van der Waals surface area contributed by atoms with Crippen LogP contribution in [-0.4, -0.2) is 76.1 Å². The highest BCUT2D eigenvalue weighted by Gasteiger charge is 2.63. The summed E-state index contributed by atoms with van der Waals surface area (Å²) in [6.07, 6.45) is 6.99. The molecule has 302 valence electrons. The molecule has 16 heteroatoms. The molecule has 5 atom stereocenters. The number of aromatic nitrogens is 2. The molecule has 2 bridgehead atoms. The molecule has 4 aromatic rings. The quantitative estimate of drug-likeness (QED) is 0.110. The third-order valence-electron chi connectivity index (χ3n) is 11.8. The van der Waals surface area contributed by atoms with Crippen molar-refractivity contribution in [3.8, 4) is 22.8 Å². The van der Waals surface area contributed by atoms with Crippen molar-refractivity contribution in [1.82, 2.24) is 15.3 Å². The second-order valence-corrected chi connectivity index (χ2v) is 18.4. The van der Waals surface area contributed by atoms with Crippen molar-refractivity contribution in [2.75, 3.05) is 37.4 Å². The number of phenolic OH excluding ortho intramolecular Hbond substituents is 1. The molecule has 14 nitrogen and oxygen atoms in total. The van der Waals surface area contributed by atoms with Crippen molar-refractivity contribution < 1.29 is 33.4 Å². The predicted molar refractivity (Wildman–Crippen MR) is 225 cm³/mol. The Bertz CT molecular complexity index is 2510. The zero-order valence-corrected chi connectivity index (χ0v) is 34.2. The lowest BCUT2D eigenvalue weighted by atomic mass is 9.86. The number of nitrogens with two attached hydrogens (primary N) is 2. The van der Waals surface area contributed by atoms with Gasteiger partial charge in [0.05, 0.1) is 23.1 Å². The van der Waals surface area contributed by atoms with E-state index in [4.69, 9.17) is 40.1 Å². The molecule has 1 unspecified atom stereocenters. The fraction of sp³-hybridized carbons (Fsp3) is 0.405. The van der Waals surface area contributed by atoms with E-state index in [9.17, 15) is 14.7 Å². The summed E-state index contributed by atoms with van der Waals surface area (Å²) in [4.78, 5) is 42.8. The molecule has 0 spiro atoms. The Morgan fingerprint density at radius 3 is 2.78 bits per heavy atom. The smallest absolute Gasteiger partial charge is 0.341 e. The summed E-state index contributed by atoms with van der Waals surface area (Å²) < 4.78 is 25.3. The molecule has 8 heterocycles. The molecule has 0 radical (unpaired) electrons. The summed E-state index contributed by atoms with van der Waals surface area (Å²) in [6.45, 7) is 5.55. The van der Waals surface area contributed by atoms with Crippen LogP contribution in [0.15, 0.2) is 68.6 Å². The lowest BCUT2D eigenvalue weighted by molar-refractivity contribution is -0.848. The van der Waals surface area contributed by atoms with Gasteiger partial charge in [-0.05, 0) is 70.1 Å². The zero-order valence-electron chi connectivity index (χ0n) is 32.6. The number of pyridine rings is 2. The maximum Gasteiger partial charge on any atom is 0.341 e. The molecule has 0 saturated carbocycles. The minimum atomic E-state index is -1.17. The van der Waals surface area contributed by atoms with Gasteiger partial charge in [-0.15, -0.1) is 0 Å². The second kappa shape index (κ2) is 15.1. The van der Waals surface area contributed by atoms with Gasteiger partial charge in [-0.25, -0.2) is 14.8 Å². The largest absolute Gasteiger partial charge is 0.507 e. The molecule has 1 fully saturated rings. The number of fused-ring (bicyclic) bond motifs is 9. The summed E-state index contributed by atoms with van der Waals surface area (Å²) in [6, 6.07) is 8.99. The molecule has 3 aromatic heterocycles. The van der Waals surface area contributed by atoms with Crippen LogP contribution in [0.25, 0.3) is 22.2 Å². The maximum absolute atomic E-state index is 14.4. The number of epoxide rings is 1.